The molecule has 0 spiro atoms. The maximum absolute atomic E-state index is 11.1. The van der Waals surface area contributed by atoms with Crippen LogP contribution in [0.4, 0.5) is 0 Å². The molecule has 258 valence electrons. The fourth-order valence-corrected chi connectivity index (χ4v) is 14.1. The van der Waals surface area contributed by atoms with Crippen LogP contribution in [0.3, 0.4) is 0 Å². The van der Waals surface area contributed by atoms with Gasteiger partial charge in [-0.25, -0.2) is 0 Å². The molecule has 1 aromatic carbocycles. The Morgan fingerprint density at radius 2 is 1.62 bits per heavy atom. The van der Waals surface area contributed by atoms with E-state index in [1.807, 2.05) is 17.7 Å². The maximum Gasteiger partial charge on any atom is 0.179 e. The highest BCUT2D eigenvalue weighted by Crippen LogP contribution is 2.77. The Morgan fingerprint density at radius 3 is 2.30 bits per heavy atom. The van der Waals surface area contributed by atoms with E-state index in [9.17, 15) is 10.2 Å². The third kappa shape index (κ3) is 5.00. The fraction of sp³-hybridized carbons (Fsp3) is 0.738. The molecule has 0 radical (unpaired) electrons. The van der Waals surface area contributed by atoms with Gasteiger partial charge in [0.1, 0.15) is 0 Å². The molecule has 4 saturated carbocycles. The van der Waals surface area contributed by atoms with Crippen LogP contribution < -0.4 is 0 Å². The van der Waals surface area contributed by atoms with Gasteiger partial charge >= 0.3 is 0 Å². The molecule has 0 bridgehead atoms. The van der Waals surface area contributed by atoms with Gasteiger partial charge in [-0.3, -0.25) is 0 Å². The number of halogens is 1. The zero-order valence-corrected chi connectivity index (χ0v) is 32.3. The Morgan fingerprint density at radius 1 is 0.894 bits per heavy atom. The second-order valence-corrected chi connectivity index (χ2v) is 19.6. The summed E-state index contributed by atoms with van der Waals surface area (Å²) in [6, 6.07) is 8.19. The predicted molar refractivity (Wildman–Crippen MR) is 198 cm³/mol. The van der Waals surface area contributed by atoms with E-state index in [4.69, 9.17) is 11.6 Å². The smallest absolute Gasteiger partial charge is 0.179 e. The van der Waals surface area contributed by atoms with Crippen molar-refractivity contribution in [1.29, 1.82) is 0 Å². The lowest BCUT2D eigenvalue weighted by atomic mass is 9.33. The lowest BCUT2D eigenvalue weighted by Crippen LogP contribution is -2.65. The Labute approximate surface area is 293 Å². The van der Waals surface area contributed by atoms with Crippen molar-refractivity contribution in [3.8, 4) is 0 Å². The lowest BCUT2D eigenvalue weighted by Gasteiger charge is -2.72. The zero-order valence-electron chi connectivity index (χ0n) is 30.3. The molecule has 0 aromatic heterocycles. The highest BCUT2D eigenvalue weighted by atomic mass is 35.5. The molecule has 0 amide bonds. The monoisotopic (exact) mass is 678 g/mol. The van der Waals surface area contributed by atoms with Crippen LogP contribution in [0.15, 0.2) is 47.2 Å². The second kappa shape index (κ2) is 11.8. The average Bonchev–Trinajstić information content (AvgIpc) is 3.54. The Balaban J connectivity index is 1.23. The Kier molecular flexibility index (Phi) is 8.64. The van der Waals surface area contributed by atoms with Gasteiger partial charge in [-0.05, 0) is 133 Å². The van der Waals surface area contributed by atoms with Crippen molar-refractivity contribution in [2.24, 2.45) is 56.7 Å². The molecule has 1 aliphatic heterocycles. The fourth-order valence-electron chi connectivity index (χ4n) is 13.5. The average molecular weight is 679 g/mol. The highest BCUT2D eigenvalue weighted by molar-refractivity contribution is 7.08. The Bertz CT molecular complexity index is 1510. The summed E-state index contributed by atoms with van der Waals surface area (Å²) in [6.07, 6.45) is 16.7. The minimum atomic E-state index is -0.167. The summed E-state index contributed by atoms with van der Waals surface area (Å²) in [4.78, 5) is 0. The third-order valence-corrected chi connectivity index (χ3v) is 17.2. The SMILES string of the molecule is CC(C)C1=C2C3CCC4C5(C)CCC(O)C(C)(C)C5CCC4(C)C3(C)CCC2(CC2=CC(CO)C(Cc3ccc(Cl)cc3)=[N+]2P)CC1. The van der Waals surface area contributed by atoms with Crippen LogP contribution in [-0.2, 0) is 6.42 Å². The molecule has 47 heavy (non-hydrogen) atoms. The lowest BCUT2D eigenvalue weighted by molar-refractivity contribution is -0.296. The first-order chi connectivity index (χ1) is 22.1. The van der Waals surface area contributed by atoms with Gasteiger partial charge in [0.15, 0.2) is 20.8 Å². The number of aliphatic hydroxyl groups is 2. The van der Waals surface area contributed by atoms with Gasteiger partial charge in [-0.1, -0.05) is 83.3 Å². The number of allylic oxidation sites excluding steroid dienone is 3. The maximum atomic E-state index is 11.1. The summed E-state index contributed by atoms with van der Waals surface area (Å²) in [6.45, 7) is 17.9. The molecule has 6 aliphatic rings. The third-order valence-electron chi connectivity index (χ3n) is 16.3. The second-order valence-electron chi connectivity index (χ2n) is 18.7. The molecular weight excluding hydrogens is 617 g/mol. The first-order valence-corrected chi connectivity index (χ1v) is 19.9. The molecule has 10 unspecified atom stereocenters. The summed E-state index contributed by atoms with van der Waals surface area (Å²) < 4.78 is 2.38. The predicted octanol–water partition coefficient (Wildman–Crippen LogP) is 10.2. The van der Waals surface area contributed by atoms with Crippen LogP contribution in [0.5, 0.6) is 0 Å². The van der Waals surface area contributed by atoms with Crippen molar-refractivity contribution < 1.29 is 14.6 Å². The van der Waals surface area contributed by atoms with Gasteiger partial charge < -0.3 is 10.2 Å². The zero-order chi connectivity index (χ0) is 33.7. The van der Waals surface area contributed by atoms with E-state index in [1.54, 1.807) is 5.57 Å². The molecule has 5 heteroatoms. The van der Waals surface area contributed by atoms with E-state index in [2.05, 4.69) is 80.4 Å². The van der Waals surface area contributed by atoms with Crippen molar-refractivity contribution in [2.75, 3.05) is 6.61 Å². The number of hydrogen-bond donors (Lipinski definition) is 2. The normalized spacial score (nSPS) is 42.6. The molecule has 4 fully saturated rings. The van der Waals surface area contributed by atoms with E-state index in [0.29, 0.717) is 34.0 Å². The largest absolute Gasteiger partial charge is 0.395 e. The molecule has 10 atom stereocenters. The van der Waals surface area contributed by atoms with E-state index in [-0.39, 0.29) is 29.5 Å². The van der Waals surface area contributed by atoms with Gasteiger partial charge in [-0.2, -0.15) is 4.35 Å². The van der Waals surface area contributed by atoms with Gasteiger partial charge in [0.2, 0.25) is 0 Å². The number of hydrogen-bond acceptors (Lipinski definition) is 2. The standard InChI is InChI=1S/C42H62ClNO2P/c1-26(2)31-14-19-42(24-30-23-28(25-45)33(44(30)47)22-27-8-10-29(43)11-9-27)21-20-40(6)32(37(31)42)12-13-35-39(5)17-16-36(46)38(3,4)34(39)15-18-41(35,40)7/h8-11,23,26,28,32,34-36,45-46H,12-22,24-25,47H2,1-7H3/q+1. The van der Waals surface area contributed by atoms with E-state index >= 15 is 0 Å². The van der Waals surface area contributed by atoms with Crippen LogP contribution >= 0.6 is 21.0 Å². The molecule has 7 rings (SSSR count). The first kappa shape index (κ1) is 34.5. The van der Waals surface area contributed by atoms with Crippen LogP contribution in [0, 0.1) is 56.7 Å². The minimum Gasteiger partial charge on any atom is -0.395 e. The molecule has 1 aromatic rings. The van der Waals surface area contributed by atoms with Crippen molar-refractivity contribution in [3.63, 3.8) is 0 Å². The van der Waals surface area contributed by atoms with Gasteiger partial charge in [0.25, 0.3) is 0 Å². The van der Waals surface area contributed by atoms with Crippen molar-refractivity contribution in [1.82, 2.24) is 0 Å². The highest BCUT2D eigenvalue weighted by Gasteiger charge is 2.69. The molecule has 1 heterocycles. The summed E-state index contributed by atoms with van der Waals surface area (Å²) in [5, 5.41) is 22.4. The number of aliphatic hydroxyl groups excluding tert-OH is 2. The molecular formula is C42H62ClNO2P+. The number of rotatable bonds is 6. The summed E-state index contributed by atoms with van der Waals surface area (Å²) in [7, 11) is 3.04. The number of benzene rings is 1. The number of nitrogens with zero attached hydrogens (tertiary/aromatic N) is 1. The van der Waals surface area contributed by atoms with Crippen LogP contribution in [0.25, 0.3) is 0 Å². The van der Waals surface area contributed by atoms with Gasteiger partial charge in [0.05, 0.1) is 25.0 Å². The minimum absolute atomic E-state index is 0.00149. The van der Waals surface area contributed by atoms with Crippen molar-refractivity contribution in [3.05, 3.63) is 57.8 Å². The van der Waals surface area contributed by atoms with Crippen molar-refractivity contribution >= 4 is 26.7 Å². The van der Waals surface area contributed by atoms with Crippen LogP contribution in [-0.4, -0.2) is 33.0 Å². The van der Waals surface area contributed by atoms with E-state index in [0.717, 1.165) is 30.2 Å². The van der Waals surface area contributed by atoms with Crippen LogP contribution in [0.1, 0.15) is 125 Å². The summed E-state index contributed by atoms with van der Waals surface area (Å²) in [5.74, 6) is 2.65. The van der Waals surface area contributed by atoms with Crippen LogP contribution in [0.2, 0.25) is 5.02 Å². The molecule has 5 aliphatic carbocycles. The topological polar surface area (TPSA) is 43.5 Å². The van der Waals surface area contributed by atoms with Gasteiger partial charge in [-0.15, -0.1) is 0 Å². The number of fused-ring (bicyclic) bond motifs is 7. The molecule has 3 nitrogen and oxygen atoms in total. The quantitative estimate of drug-likeness (QED) is 0.232. The van der Waals surface area contributed by atoms with E-state index < -0.39 is 0 Å². The summed E-state index contributed by atoms with van der Waals surface area (Å²) >= 11 is 6.20. The Hall–Kier alpha value is -0.990. The van der Waals surface area contributed by atoms with Crippen molar-refractivity contribution in [2.45, 2.75) is 132 Å². The molecule has 2 N–H and O–H groups in total. The first-order valence-electron chi connectivity index (χ1n) is 19.0. The van der Waals surface area contributed by atoms with Gasteiger partial charge in [0, 0.05) is 16.9 Å². The molecule has 0 saturated heterocycles. The van der Waals surface area contributed by atoms with E-state index in [1.165, 1.54) is 74.8 Å². The summed E-state index contributed by atoms with van der Waals surface area (Å²) in [5.41, 5.74) is 8.72.